The third kappa shape index (κ3) is 4.53. The molecule has 1 heterocycles. The second-order valence-corrected chi connectivity index (χ2v) is 6.23. The molecular weight excluding hydrogens is 278 g/mol. The van der Waals surface area contributed by atoms with Crippen LogP contribution in [0.5, 0.6) is 0 Å². The van der Waals surface area contributed by atoms with Crippen molar-refractivity contribution in [1.29, 1.82) is 0 Å². The number of ether oxygens (including phenoxy) is 1. The van der Waals surface area contributed by atoms with E-state index >= 15 is 0 Å². The molecule has 0 aromatic carbocycles. The van der Waals surface area contributed by atoms with Crippen molar-refractivity contribution in [2.75, 3.05) is 25.0 Å². The van der Waals surface area contributed by atoms with Crippen LogP contribution in [-0.2, 0) is 4.74 Å². The minimum Gasteiger partial charge on any atom is -0.377 e. The number of piperidine rings is 1. The third-order valence-corrected chi connectivity index (χ3v) is 4.57. The summed E-state index contributed by atoms with van der Waals surface area (Å²) in [6.45, 7) is 3.39. The van der Waals surface area contributed by atoms with Gasteiger partial charge in [0.2, 0.25) is 0 Å². The van der Waals surface area contributed by atoms with Crippen LogP contribution in [0.25, 0.3) is 0 Å². The van der Waals surface area contributed by atoms with Crippen LogP contribution in [0.3, 0.4) is 0 Å². The molecule has 0 radical (unpaired) electrons. The molecule has 2 rings (SSSR count). The van der Waals surface area contributed by atoms with Gasteiger partial charge in [0.15, 0.2) is 0 Å². The normalized spacial score (nSPS) is 25.9. The topological polar surface area (TPSA) is 12.5 Å². The number of hydrogen-bond donors (Lipinski definition) is 0. The molecule has 0 aromatic heterocycles. The quantitative estimate of drug-likeness (QED) is 0.581. The fraction of sp³-hybridized carbons (Fsp3) is 1.00. The van der Waals surface area contributed by atoms with E-state index in [0.717, 1.165) is 18.0 Å². The number of halogens is 1. The highest BCUT2D eigenvalue weighted by atomic mass is 79.9. The minimum atomic E-state index is 0.523. The number of nitrogens with zero attached hydrogens (tertiary/aromatic N) is 1. The maximum Gasteiger partial charge on any atom is 0.0599 e. The van der Waals surface area contributed by atoms with Crippen LogP contribution in [0.4, 0.5) is 0 Å². The summed E-state index contributed by atoms with van der Waals surface area (Å²) in [6.07, 6.45) is 11.7. The zero-order valence-corrected chi connectivity index (χ0v) is 12.5. The Balaban J connectivity index is 1.70. The van der Waals surface area contributed by atoms with Gasteiger partial charge in [-0.3, -0.25) is 0 Å². The first-order valence-corrected chi connectivity index (χ1v) is 8.44. The molecule has 1 saturated carbocycles. The van der Waals surface area contributed by atoms with E-state index in [4.69, 9.17) is 4.74 Å². The molecule has 1 aliphatic carbocycles. The Hall–Kier alpha value is 0.400. The number of rotatable bonds is 4. The van der Waals surface area contributed by atoms with Crippen molar-refractivity contribution in [2.24, 2.45) is 0 Å². The largest absolute Gasteiger partial charge is 0.377 e. The van der Waals surface area contributed by atoms with Crippen LogP contribution in [0.1, 0.15) is 51.4 Å². The highest BCUT2D eigenvalue weighted by molar-refractivity contribution is 9.09. The average molecular weight is 304 g/mol. The van der Waals surface area contributed by atoms with E-state index in [0.29, 0.717) is 6.10 Å². The molecule has 1 saturated heterocycles. The van der Waals surface area contributed by atoms with E-state index in [9.17, 15) is 0 Å². The van der Waals surface area contributed by atoms with Gasteiger partial charge in [-0.1, -0.05) is 41.6 Å². The van der Waals surface area contributed by atoms with Gasteiger partial charge in [0.1, 0.15) is 0 Å². The van der Waals surface area contributed by atoms with E-state index in [1.54, 1.807) is 0 Å². The monoisotopic (exact) mass is 303 g/mol. The highest BCUT2D eigenvalue weighted by Crippen LogP contribution is 2.25. The van der Waals surface area contributed by atoms with Crippen molar-refractivity contribution in [3.05, 3.63) is 0 Å². The number of alkyl halides is 1. The Kier molecular flexibility index (Phi) is 6.30. The first kappa shape index (κ1) is 13.8. The number of hydrogen-bond acceptors (Lipinski definition) is 2. The first-order chi connectivity index (χ1) is 8.40. The van der Waals surface area contributed by atoms with Crippen LogP contribution in [0, 0.1) is 0 Å². The minimum absolute atomic E-state index is 0.523. The summed E-state index contributed by atoms with van der Waals surface area (Å²) in [5.74, 6) is 0. The molecule has 0 aromatic rings. The summed E-state index contributed by atoms with van der Waals surface area (Å²) in [5.41, 5.74) is 0. The zero-order valence-electron chi connectivity index (χ0n) is 10.9. The van der Waals surface area contributed by atoms with E-state index in [1.807, 2.05) is 0 Å². The maximum absolute atomic E-state index is 5.82. The Morgan fingerprint density at radius 2 is 1.59 bits per heavy atom. The predicted molar refractivity (Wildman–Crippen MR) is 75.8 cm³/mol. The van der Waals surface area contributed by atoms with Gasteiger partial charge in [-0.25, -0.2) is 0 Å². The van der Waals surface area contributed by atoms with E-state index in [1.165, 1.54) is 64.5 Å². The SMILES string of the molecule is BrCCOC1CCN(C2CCCCCC2)CC1. The summed E-state index contributed by atoms with van der Waals surface area (Å²) in [4.78, 5) is 2.74. The highest BCUT2D eigenvalue weighted by Gasteiger charge is 2.25. The molecular formula is C14H26BrNO. The van der Waals surface area contributed by atoms with Gasteiger partial charge in [-0.2, -0.15) is 0 Å². The second-order valence-electron chi connectivity index (χ2n) is 5.44. The van der Waals surface area contributed by atoms with Crippen LogP contribution in [-0.4, -0.2) is 42.1 Å². The molecule has 17 heavy (non-hydrogen) atoms. The van der Waals surface area contributed by atoms with E-state index in [2.05, 4.69) is 20.8 Å². The van der Waals surface area contributed by atoms with Gasteiger partial charge in [-0.05, 0) is 25.7 Å². The van der Waals surface area contributed by atoms with Crippen molar-refractivity contribution in [2.45, 2.75) is 63.5 Å². The van der Waals surface area contributed by atoms with Crippen LogP contribution in [0.2, 0.25) is 0 Å². The van der Waals surface area contributed by atoms with Crippen molar-refractivity contribution in [1.82, 2.24) is 4.90 Å². The van der Waals surface area contributed by atoms with Gasteiger partial charge in [-0.15, -0.1) is 0 Å². The van der Waals surface area contributed by atoms with Gasteiger partial charge in [0, 0.05) is 24.5 Å². The van der Waals surface area contributed by atoms with Crippen molar-refractivity contribution in [3.8, 4) is 0 Å². The van der Waals surface area contributed by atoms with Gasteiger partial charge >= 0.3 is 0 Å². The Bertz CT molecular complexity index is 196. The molecule has 0 N–H and O–H groups in total. The zero-order chi connectivity index (χ0) is 11.9. The van der Waals surface area contributed by atoms with Crippen LogP contribution in [0.15, 0.2) is 0 Å². The fourth-order valence-corrected chi connectivity index (χ4v) is 3.43. The maximum atomic E-state index is 5.82. The van der Waals surface area contributed by atoms with Crippen LogP contribution < -0.4 is 0 Å². The summed E-state index contributed by atoms with van der Waals surface area (Å²) < 4.78 is 5.82. The molecule has 0 bridgehead atoms. The Morgan fingerprint density at radius 1 is 0.941 bits per heavy atom. The lowest BCUT2D eigenvalue weighted by atomic mass is 10.0. The number of likely N-dealkylation sites (tertiary alicyclic amines) is 1. The molecule has 2 aliphatic rings. The van der Waals surface area contributed by atoms with E-state index < -0.39 is 0 Å². The van der Waals surface area contributed by atoms with Crippen LogP contribution >= 0.6 is 15.9 Å². The first-order valence-electron chi connectivity index (χ1n) is 7.32. The third-order valence-electron chi connectivity index (χ3n) is 4.25. The standard InChI is InChI=1S/C14H26BrNO/c15-9-12-17-14-7-10-16(11-8-14)13-5-3-1-2-4-6-13/h13-14H,1-12H2. The average Bonchev–Trinajstić information content (AvgIpc) is 2.66. The molecule has 2 nitrogen and oxygen atoms in total. The van der Waals surface area contributed by atoms with Crippen molar-refractivity contribution in [3.63, 3.8) is 0 Å². The predicted octanol–water partition coefficient (Wildman–Crippen LogP) is 3.59. The second kappa shape index (κ2) is 7.75. The molecule has 0 spiro atoms. The summed E-state index contributed by atoms with van der Waals surface area (Å²) in [7, 11) is 0. The van der Waals surface area contributed by atoms with Crippen molar-refractivity contribution >= 4 is 15.9 Å². The summed E-state index contributed by atoms with van der Waals surface area (Å²) in [6, 6.07) is 0.884. The molecule has 0 atom stereocenters. The Morgan fingerprint density at radius 3 is 2.18 bits per heavy atom. The summed E-state index contributed by atoms with van der Waals surface area (Å²) >= 11 is 3.42. The molecule has 3 heteroatoms. The Labute approximate surface area is 114 Å². The molecule has 1 aliphatic heterocycles. The molecule has 0 unspecified atom stereocenters. The molecule has 0 amide bonds. The molecule has 2 fully saturated rings. The van der Waals surface area contributed by atoms with Gasteiger partial charge in [0.05, 0.1) is 12.7 Å². The van der Waals surface area contributed by atoms with Crippen molar-refractivity contribution < 1.29 is 4.74 Å². The lowest BCUT2D eigenvalue weighted by molar-refractivity contribution is 0.00367. The van der Waals surface area contributed by atoms with Gasteiger partial charge in [0.25, 0.3) is 0 Å². The fourth-order valence-electron chi connectivity index (χ4n) is 3.24. The molecule has 100 valence electrons. The van der Waals surface area contributed by atoms with Gasteiger partial charge < -0.3 is 9.64 Å². The summed E-state index contributed by atoms with van der Waals surface area (Å²) in [5, 5.41) is 0.968. The van der Waals surface area contributed by atoms with E-state index in [-0.39, 0.29) is 0 Å². The smallest absolute Gasteiger partial charge is 0.0599 e. The lowest BCUT2D eigenvalue weighted by Crippen LogP contribution is -2.43. The lowest BCUT2D eigenvalue weighted by Gasteiger charge is -2.37.